The number of aromatic hydroxyl groups is 2. The highest BCUT2D eigenvalue weighted by Crippen LogP contribution is 2.34. The molecule has 0 unspecified atom stereocenters. The van der Waals surface area contributed by atoms with Crippen LogP contribution >= 0.6 is 0 Å². The van der Waals surface area contributed by atoms with Gasteiger partial charge >= 0.3 is 0 Å². The molecule has 1 aliphatic rings. The molecule has 1 aliphatic heterocycles. The fraction of sp³-hybridized carbons (Fsp3) is 0.278. The Kier molecular flexibility index (Phi) is 3.72. The molecule has 120 valence electrons. The van der Waals surface area contributed by atoms with Crippen molar-refractivity contribution in [1.82, 2.24) is 4.90 Å². The van der Waals surface area contributed by atoms with Gasteiger partial charge in [0.2, 0.25) is 0 Å². The summed E-state index contributed by atoms with van der Waals surface area (Å²) in [4.78, 5) is 14.3. The Morgan fingerprint density at radius 1 is 1.09 bits per heavy atom. The largest absolute Gasteiger partial charge is 0.508 e. The van der Waals surface area contributed by atoms with Crippen LogP contribution in [0.1, 0.15) is 46.8 Å². The summed E-state index contributed by atoms with van der Waals surface area (Å²) in [7, 11) is 0. The van der Waals surface area contributed by atoms with Crippen LogP contribution in [-0.2, 0) is 13.1 Å². The summed E-state index contributed by atoms with van der Waals surface area (Å²) in [6, 6.07) is 7.21. The Morgan fingerprint density at radius 2 is 1.78 bits per heavy atom. The number of phenols is 2. The SMILES string of the molecule is CC(C)c1cc(C(=O)N2Cc3ccc(F)cc3C2)c(O)cc1O. The van der Waals surface area contributed by atoms with Crippen LogP contribution in [0.15, 0.2) is 30.3 Å². The first-order valence-corrected chi connectivity index (χ1v) is 7.49. The zero-order valence-corrected chi connectivity index (χ0v) is 13.0. The highest BCUT2D eigenvalue weighted by molar-refractivity contribution is 5.97. The topological polar surface area (TPSA) is 60.8 Å². The van der Waals surface area contributed by atoms with Gasteiger partial charge in [-0.3, -0.25) is 4.79 Å². The number of hydrogen-bond donors (Lipinski definition) is 2. The predicted molar refractivity (Wildman–Crippen MR) is 83.8 cm³/mol. The van der Waals surface area contributed by atoms with Gasteiger partial charge in [0.25, 0.3) is 5.91 Å². The van der Waals surface area contributed by atoms with E-state index in [2.05, 4.69) is 0 Å². The molecule has 1 heterocycles. The van der Waals surface area contributed by atoms with Gasteiger partial charge in [-0.15, -0.1) is 0 Å². The van der Waals surface area contributed by atoms with E-state index < -0.39 is 0 Å². The zero-order chi connectivity index (χ0) is 16.7. The fourth-order valence-corrected chi connectivity index (χ4v) is 2.90. The molecule has 0 aliphatic carbocycles. The molecule has 2 aromatic rings. The van der Waals surface area contributed by atoms with Crippen molar-refractivity contribution < 1.29 is 19.4 Å². The molecule has 0 radical (unpaired) electrons. The van der Waals surface area contributed by atoms with Crippen LogP contribution in [0.4, 0.5) is 4.39 Å². The van der Waals surface area contributed by atoms with Gasteiger partial charge in [0.05, 0.1) is 5.56 Å². The van der Waals surface area contributed by atoms with E-state index in [0.29, 0.717) is 18.7 Å². The summed E-state index contributed by atoms with van der Waals surface area (Å²) < 4.78 is 13.3. The van der Waals surface area contributed by atoms with Crippen molar-refractivity contribution in [2.45, 2.75) is 32.9 Å². The minimum atomic E-state index is -0.332. The van der Waals surface area contributed by atoms with Gasteiger partial charge in [0.1, 0.15) is 17.3 Å². The molecule has 5 heteroatoms. The van der Waals surface area contributed by atoms with Crippen molar-refractivity contribution in [3.63, 3.8) is 0 Å². The maximum atomic E-state index is 13.3. The number of hydrogen-bond acceptors (Lipinski definition) is 3. The molecule has 0 atom stereocenters. The second-order valence-corrected chi connectivity index (χ2v) is 6.16. The lowest BCUT2D eigenvalue weighted by atomic mass is 9.98. The van der Waals surface area contributed by atoms with Gasteiger partial charge < -0.3 is 15.1 Å². The minimum absolute atomic E-state index is 0.0204. The molecule has 3 rings (SSSR count). The van der Waals surface area contributed by atoms with Gasteiger partial charge in [-0.2, -0.15) is 0 Å². The zero-order valence-electron chi connectivity index (χ0n) is 13.0. The molecule has 4 nitrogen and oxygen atoms in total. The molecule has 0 spiro atoms. The second kappa shape index (κ2) is 5.57. The maximum Gasteiger partial charge on any atom is 0.258 e. The van der Waals surface area contributed by atoms with Crippen molar-refractivity contribution in [3.05, 3.63) is 58.4 Å². The number of rotatable bonds is 2. The minimum Gasteiger partial charge on any atom is -0.508 e. The van der Waals surface area contributed by atoms with Crippen LogP contribution in [-0.4, -0.2) is 21.0 Å². The van der Waals surface area contributed by atoms with Crippen LogP contribution in [0.3, 0.4) is 0 Å². The van der Waals surface area contributed by atoms with E-state index in [1.54, 1.807) is 11.0 Å². The normalized spacial score (nSPS) is 13.5. The Morgan fingerprint density at radius 3 is 2.48 bits per heavy atom. The molecule has 2 aromatic carbocycles. The maximum absolute atomic E-state index is 13.3. The van der Waals surface area contributed by atoms with Crippen LogP contribution in [0, 0.1) is 5.82 Å². The highest BCUT2D eigenvalue weighted by Gasteiger charge is 2.27. The van der Waals surface area contributed by atoms with E-state index in [4.69, 9.17) is 0 Å². The number of carbonyl (C=O) groups excluding carboxylic acids is 1. The molecule has 1 amide bonds. The van der Waals surface area contributed by atoms with Gasteiger partial charge in [0.15, 0.2) is 0 Å². The quantitative estimate of drug-likeness (QED) is 0.891. The van der Waals surface area contributed by atoms with E-state index in [1.807, 2.05) is 13.8 Å². The van der Waals surface area contributed by atoms with E-state index in [0.717, 1.165) is 11.1 Å². The van der Waals surface area contributed by atoms with Crippen LogP contribution in [0.2, 0.25) is 0 Å². The van der Waals surface area contributed by atoms with Crippen molar-refractivity contribution in [3.8, 4) is 11.5 Å². The molecule has 23 heavy (non-hydrogen) atoms. The lowest BCUT2D eigenvalue weighted by Crippen LogP contribution is -2.25. The number of phenolic OH excluding ortho intramolecular Hbond substituents is 2. The Labute approximate surface area is 133 Å². The summed E-state index contributed by atoms with van der Waals surface area (Å²) in [6.45, 7) is 4.48. The van der Waals surface area contributed by atoms with Crippen LogP contribution < -0.4 is 0 Å². The van der Waals surface area contributed by atoms with Gasteiger partial charge in [-0.05, 0) is 40.8 Å². The van der Waals surface area contributed by atoms with E-state index >= 15 is 0 Å². The first kappa shape index (κ1) is 15.3. The molecule has 0 fully saturated rings. The predicted octanol–water partition coefficient (Wildman–Crippen LogP) is 3.52. The number of benzene rings is 2. The van der Waals surface area contributed by atoms with Gasteiger partial charge in [-0.25, -0.2) is 4.39 Å². The number of nitrogens with zero attached hydrogens (tertiary/aromatic N) is 1. The third-order valence-corrected chi connectivity index (χ3v) is 4.18. The average Bonchev–Trinajstić information content (AvgIpc) is 2.89. The van der Waals surface area contributed by atoms with Gasteiger partial charge in [0, 0.05) is 19.2 Å². The van der Waals surface area contributed by atoms with Crippen molar-refractivity contribution in [2.75, 3.05) is 0 Å². The number of carbonyl (C=O) groups is 1. The lowest BCUT2D eigenvalue weighted by Gasteiger charge is -2.18. The Balaban J connectivity index is 1.92. The Hall–Kier alpha value is -2.56. The lowest BCUT2D eigenvalue weighted by molar-refractivity contribution is 0.0748. The molecule has 0 bridgehead atoms. The first-order valence-electron chi connectivity index (χ1n) is 7.49. The number of halogens is 1. The summed E-state index contributed by atoms with van der Waals surface area (Å²) in [5.41, 5.74) is 2.44. The first-order chi connectivity index (χ1) is 10.9. The standard InChI is InChI=1S/C18H18FNO3/c1-10(2)14-6-15(17(22)7-16(14)21)18(23)20-8-11-3-4-13(19)5-12(11)9-20/h3-7,10,21-22H,8-9H2,1-2H3. The van der Waals surface area contributed by atoms with Crippen molar-refractivity contribution in [2.24, 2.45) is 0 Å². The monoisotopic (exact) mass is 315 g/mol. The summed E-state index contributed by atoms with van der Waals surface area (Å²) in [5.74, 6) is -0.916. The number of amides is 1. The molecular weight excluding hydrogens is 297 g/mol. The van der Waals surface area contributed by atoms with Crippen molar-refractivity contribution >= 4 is 5.91 Å². The van der Waals surface area contributed by atoms with E-state index in [1.165, 1.54) is 24.3 Å². The number of fused-ring (bicyclic) bond motifs is 1. The van der Waals surface area contributed by atoms with Crippen LogP contribution in [0.5, 0.6) is 11.5 Å². The highest BCUT2D eigenvalue weighted by atomic mass is 19.1. The average molecular weight is 315 g/mol. The van der Waals surface area contributed by atoms with Crippen molar-refractivity contribution in [1.29, 1.82) is 0 Å². The fourth-order valence-electron chi connectivity index (χ4n) is 2.90. The molecule has 0 aromatic heterocycles. The molecule has 0 saturated carbocycles. The summed E-state index contributed by atoms with van der Waals surface area (Å²) in [6.07, 6.45) is 0. The third kappa shape index (κ3) is 2.74. The second-order valence-electron chi connectivity index (χ2n) is 6.16. The third-order valence-electron chi connectivity index (χ3n) is 4.18. The van der Waals surface area contributed by atoms with Gasteiger partial charge in [-0.1, -0.05) is 19.9 Å². The summed E-state index contributed by atoms with van der Waals surface area (Å²) >= 11 is 0. The van der Waals surface area contributed by atoms with E-state index in [9.17, 15) is 19.4 Å². The molecule has 2 N–H and O–H groups in total. The van der Waals surface area contributed by atoms with Crippen LogP contribution in [0.25, 0.3) is 0 Å². The molecule has 0 saturated heterocycles. The molecular formula is C18H18FNO3. The Bertz CT molecular complexity index is 786. The smallest absolute Gasteiger partial charge is 0.258 e. The summed E-state index contributed by atoms with van der Waals surface area (Å²) in [5, 5.41) is 19.9. The van der Waals surface area contributed by atoms with E-state index in [-0.39, 0.29) is 34.7 Å².